The zero-order valence-electron chi connectivity index (χ0n) is 13.5. The average Bonchev–Trinajstić information content (AvgIpc) is 2.87. The largest absolute Gasteiger partial charge is 0.573 e. The number of rotatable bonds is 4. The van der Waals surface area contributed by atoms with Gasteiger partial charge in [-0.05, 0) is 31.2 Å². The van der Waals surface area contributed by atoms with Crippen molar-refractivity contribution in [1.82, 2.24) is 14.8 Å². The fourth-order valence-corrected chi connectivity index (χ4v) is 2.51. The molecule has 0 bridgehead atoms. The van der Waals surface area contributed by atoms with E-state index in [0.717, 1.165) is 12.1 Å². The number of amides is 2. The highest BCUT2D eigenvalue weighted by atomic mass is 19.4. The normalized spacial score (nSPS) is 16.6. The average molecular weight is 369 g/mol. The zero-order valence-corrected chi connectivity index (χ0v) is 13.5. The number of ether oxygens (including phenoxy) is 1. The first-order valence-electron chi connectivity index (χ1n) is 7.57. The predicted molar refractivity (Wildman–Crippen MR) is 83.3 cm³/mol. The lowest BCUT2D eigenvalue weighted by Gasteiger charge is -2.21. The van der Waals surface area contributed by atoms with Gasteiger partial charge >= 0.3 is 6.36 Å². The SMILES string of the molecule is Cc1nc2n(n1)C[C@H](CC(=O)Nc1ccc(OC(F)(F)F)cc1)C(=O)N2. The van der Waals surface area contributed by atoms with Gasteiger partial charge in [-0.15, -0.1) is 13.2 Å². The van der Waals surface area contributed by atoms with E-state index in [1.165, 1.54) is 16.8 Å². The van der Waals surface area contributed by atoms with Crippen molar-refractivity contribution >= 4 is 23.5 Å². The number of benzene rings is 1. The van der Waals surface area contributed by atoms with Gasteiger partial charge in [-0.2, -0.15) is 10.1 Å². The summed E-state index contributed by atoms with van der Waals surface area (Å²) in [5.74, 6) is -0.965. The smallest absolute Gasteiger partial charge is 0.406 e. The molecule has 2 amide bonds. The van der Waals surface area contributed by atoms with Crippen LogP contribution in [0.2, 0.25) is 0 Å². The molecule has 0 unspecified atom stereocenters. The summed E-state index contributed by atoms with van der Waals surface area (Å²) in [4.78, 5) is 28.2. The van der Waals surface area contributed by atoms with Crippen LogP contribution in [0.25, 0.3) is 0 Å². The number of carbonyl (C=O) groups excluding carboxylic acids is 2. The topological polar surface area (TPSA) is 98.1 Å². The molecule has 1 aromatic carbocycles. The van der Waals surface area contributed by atoms with E-state index in [2.05, 4.69) is 25.5 Å². The van der Waals surface area contributed by atoms with Crippen LogP contribution >= 0.6 is 0 Å². The van der Waals surface area contributed by atoms with Crippen molar-refractivity contribution in [3.8, 4) is 5.75 Å². The maximum atomic E-state index is 12.1. The number of aromatic nitrogens is 3. The Labute approximate surface area is 145 Å². The van der Waals surface area contributed by atoms with Gasteiger partial charge in [-0.3, -0.25) is 14.9 Å². The maximum absolute atomic E-state index is 12.1. The fourth-order valence-electron chi connectivity index (χ4n) is 2.51. The predicted octanol–water partition coefficient (Wildman–Crippen LogP) is 2.08. The molecule has 1 aromatic heterocycles. The molecule has 0 saturated carbocycles. The van der Waals surface area contributed by atoms with Crippen LogP contribution in [0.15, 0.2) is 24.3 Å². The summed E-state index contributed by atoms with van der Waals surface area (Å²) >= 11 is 0. The summed E-state index contributed by atoms with van der Waals surface area (Å²) in [5, 5.41) is 9.22. The summed E-state index contributed by atoms with van der Waals surface area (Å²) < 4.78 is 41.6. The maximum Gasteiger partial charge on any atom is 0.573 e. The van der Waals surface area contributed by atoms with Gasteiger partial charge in [0.1, 0.15) is 11.6 Å². The molecule has 8 nitrogen and oxygen atoms in total. The number of nitrogens with zero attached hydrogens (tertiary/aromatic N) is 3. The van der Waals surface area contributed by atoms with Crippen molar-refractivity contribution in [2.24, 2.45) is 5.92 Å². The Morgan fingerprint density at radius 2 is 2.08 bits per heavy atom. The molecule has 138 valence electrons. The number of hydrogen-bond acceptors (Lipinski definition) is 5. The molecule has 1 aliphatic heterocycles. The van der Waals surface area contributed by atoms with Crippen molar-refractivity contribution in [3.63, 3.8) is 0 Å². The minimum atomic E-state index is -4.78. The lowest BCUT2D eigenvalue weighted by atomic mass is 10.0. The Kier molecular flexibility index (Phi) is 4.53. The van der Waals surface area contributed by atoms with Crippen molar-refractivity contribution in [2.45, 2.75) is 26.3 Å². The van der Waals surface area contributed by atoms with Crippen molar-refractivity contribution < 1.29 is 27.5 Å². The molecule has 1 aliphatic rings. The number of anilines is 2. The Balaban J connectivity index is 1.58. The van der Waals surface area contributed by atoms with E-state index in [0.29, 0.717) is 11.8 Å². The standard InChI is InChI=1S/C15H14F3N5O3/c1-8-19-14-21-13(25)9(7-23(14)22-8)6-12(24)20-10-2-4-11(5-3-10)26-15(16,17)18/h2-5,9H,6-7H2,1H3,(H,20,24)(H,19,21,22,25)/t9-/m0/s1. The van der Waals surface area contributed by atoms with Crippen LogP contribution in [0.4, 0.5) is 24.8 Å². The molecule has 2 aromatic rings. The van der Waals surface area contributed by atoms with Crippen LogP contribution in [0.1, 0.15) is 12.2 Å². The molecule has 0 fully saturated rings. The number of alkyl halides is 3. The Morgan fingerprint density at radius 3 is 2.73 bits per heavy atom. The van der Waals surface area contributed by atoms with Crippen LogP contribution in [0.5, 0.6) is 5.75 Å². The summed E-state index contributed by atoms with van der Waals surface area (Å²) in [6.45, 7) is 1.90. The van der Waals surface area contributed by atoms with Crippen molar-refractivity contribution in [2.75, 3.05) is 10.6 Å². The van der Waals surface area contributed by atoms with E-state index >= 15 is 0 Å². The summed E-state index contributed by atoms with van der Waals surface area (Å²) in [6.07, 6.45) is -4.89. The second-order valence-corrected chi connectivity index (χ2v) is 5.68. The van der Waals surface area contributed by atoms with E-state index in [-0.39, 0.29) is 24.6 Å². The van der Waals surface area contributed by atoms with Crippen molar-refractivity contribution in [3.05, 3.63) is 30.1 Å². The van der Waals surface area contributed by atoms with Gasteiger partial charge in [-0.1, -0.05) is 0 Å². The molecule has 0 spiro atoms. The third-order valence-electron chi connectivity index (χ3n) is 3.58. The molecule has 26 heavy (non-hydrogen) atoms. The second kappa shape index (κ2) is 6.65. The first-order valence-corrected chi connectivity index (χ1v) is 7.57. The van der Waals surface area contributed by atoms with E-state index in [1.54, 1.807) is 6.92 Å². The minimum absolute atomic E-state index is 0.106. The lowest BCUT2D eigenvalue weighted by molar-refractivity contribution is -0.274. The number of fused-ring (bicyclic) bond motifs is 1. The molecule has 3 rings (SSSR count). The van der Waals surface area contributed by atoms with Gasteiger partial charge in [0.05, 0.1) is 12.5 Å². The molecule has 2 N–H and O–H groups in total. The molecular formula is C15H14F3N5O3. The second-order valence-electron chi connectivity index (χ2n) is 5.68. The van der Waals surface area contributed by atoms with E-state index in [1.807, 2.05) is 0 Å². The highest BCUT2D eigenvalue weighted by molar-refractivity contribution is 5.98. The minimum Gasteiger partial charge on any atom is -0.406 e. The van der Waals surface area contributed by atoms with Crippen LogP contribution in [0, 0.1) is 12.8 Å². The highest BCUT2D eigenvalue weighted by Crippen LogP contribution is 2.24. The molecule has 2 heterocycles. The number of carbonyl (C=O) groups is 2. The third-order valence-corrected chi connectivity index (χ3v) is 3.58. The van der Waals surface area contributed by atoms with E-state index in [9.17, 15) is 22.8 Å². The van der Waals surface area contributed by atoms with Gasteiger partial charge < -0.3 is 10.1 Å². The van der Waals surface area contributed by atoms with Crippen LogP contribution in [-0.2, 0) is 16.1 Å². The van der Waals surface area contributed by atoms with Gasteiger partial charge in [0, 0.05) is 12.1 Å². The Bertz CT molecular complexity index is 832. The van der Waals surface area contributed by atoms with E-state index < -0.39 is 23.9 Å². The van der Waals surface area contributed by atoms with Gasteiger partial charge in [0.2, 0.25) is 17.8 Å². The first-order chi connectivity index (χ1) is 12.2. The third kappa shape index (κ3) is 4.29. The van der Waals surface area contributed by atoms with Crippen molar-refractivity contribution in [1.29, 1.82) is 0 Å². The van der Waals surface area contributed by atoms with Gasteiger partial charge in [0.25, 0.3) is 0 Å². The number of nitrogens with one attached hydrogen (secondary N) is 2. The lowest BCUT2D eigenvalue weighted by Crippen LogP contribution is -2.36. The summed E-state index contributed by atoms with van der Waals surface area (Å²) in [5.41, 5.74) is 0.290. The Morgan fingerprint density at radius 1 is 1.38 bits per heavy atom. The highest BCUT2D eigenvalue weighted by Gasteiger charge is 2.31. The van der Waals surface area contributed by atoms with E-state index in [4.69, 9.17) is 0 Å². The summed E-state index contributed by atoms with van der Waals surface area (Å²) in [6, 6.07) is 4.72. The first kappa shape index (κ1) is 17.7. The van der Waals surface area contributed by atoms with Gasteiger partial charge in [0.15, 0.2) is 0 Å². The molecule has 0 radical (unpaired) electrons. The summed E-state index contributed by atoms with van der Waals surface area (Å²) in [7, 11) is 0. The molecular weight excluding hydrogens is 355 g/mol. The number of halogens is 3. The monoisotopic (exact) mass is 369 g/mol. The van der Waals surface area contributed by atoms with Crippen LogP contribution in [-0.4, -0.2) is 32.9 Å². The molecule has 1 atom stereocenters. The Hall–Kier alpha value is -3.11. The molecule has 0 saturated heterocycles. The van der Waals surface area contributed by atoms with Gasteiger partial charge in [-0.25, -0.2) is 4.68 Å². The molecule has 0 aliphatic carbocycles. The molecule has 11 heteroatoms. The van der Waals surface area contributed by atoms with Crippen LogP contribution in [0.3, 0.4) is 0 Å². The quantitative estimate of drug-likeness (QED) is 0.860. The zero-order chi connectivity index (χ0) is 18.9. The van der Waals surface area contributed by atoms with Crippen LogP contribution < -0.4 is 15.4 Å². The number of aryl methyl sites for hydroxylation is 1. The fraction of sp³-hybridized carbons (Fsp3) is 0.333. The number of hydrogen-bond donors (Lipinski definition) is 2.